The third-order valence-electron chi connectivity index (χ3n) is 2.83. The van der Waals surface area contributed by atoms with E-state index in [4.69, 9.17) is 17.3 Å². The summed E-state index contributed by atoms with van der Waals surface area (Å²) in [6.45, 7) is 0. The summed E-state index contributed by atoms with van der Waals surface area (Å²) >= 11 is 5.97. The highest BCUT2D eigenvalue weighted by Crippen LogP contribution is 2.39. The van der Waals surface area contributed by atoms with Gasteiger partial charge in [0.15, 0.2) is 0 Å². The molecule has 0 amide bonds. The molecule has 1 aliphatic rings. The largest absolute Gasteiger partial charge is 0.384 e. The first-order chi connectivity index (χ1) is 8.22. The van der Waals surface area contributed by atoms with E-state index in [9.17, 15) is 0 Å². The van der Waals surface area contributed by atoms with Gasteiger partial charge in [0, 0.05) is 22.6 Å². The van der Waals surface area contributed by atoms with Crippen molar-refractivity contribution in [3.63, 3.8) is 0 Å². The van der Waals surface area contributed by atoms with Crippen molar-refractivity contribution in [2.75, 3.05) is 5.73 Å². The van der Waals surface area contributed by atoms with Crippen molar-refractivity contribution in [3.8, 4) is 11.3 Å². The van der Waals surface area contributed by atoms with Crippen LogP contribution in [0.2, 0.25) is 5.02 Å². The number of nitrogens with two attached hydrogens (primary N) is 1. The van der Waals surface area contributed by atoms with E-state index < -0.39 is 0 Å². The van der Waals surface area contributed by atoms with Crippen LogP contribution in [0.5, 0.6) is 0 Å². The minimum absolute atomic E-state index is 0.497. The number of hydrogen-bond donors (Lipinski definition) is 1. The zero-order valence-electron chi connectivity index (χ0n) is 9.23. The number of nitrogens with zero attached hydrogens (tertiary/aromatic N) is 2. The first-order valence-corrected chi connectivity index (χ1v) is 6.00. The highest BCUT2D eigenvalue weighted by atomic mass is 35.5. The molecule has 17 heavy (non-hydrogen) atoms. The second-order valence-electron chi connectivity index (χ2n) is 4.32. The number of nitrogen functional groups attached to an aromatic ring is 1. The summed E-state index contributed by atoms with van der Waals surface area (Å²) in [6.07, 6.45) is 2.33. The molecule has 0 spiro atoms. The number of hydrogen-bond acceptors (Lipinski definition) is 3. The molecule has 0 atom stereocenters. The summed E-state index contributed by atoms with van der Waals surface area (Å²) in [4.78, 5) is 8.83. The standard InChI is InChI=1S/C13H12ClN3/c14-10-3-1-2-9(6-10)11-7-12(15)17-13(16-11)8-4-5-8/h1-3,6-8H,4-5H2,(H2,15,16,17). The monoisotopic (exact) mass is 245 g/mol. The van der Waals surface area contributed by atoms with Gasteiger partial charge in [-0.25, -0.2) is 9.97 Å². The summed E-state index contributed by atoms with van der Waals surface area (Å²) in [5.74, 6) is 1.88. The summed E-state index contributed by atoms with van der Waals surface area (Å²) in [5.41, 5.74) is 7.65. The molecule has 86 valence electrons. The molecule has 3 nitrogen and oxygen atoms in total. The maximum atomic E-state index is 5.97. The van der Waals surface area contributed by atoms with Gasteiger partial charge < -0.3 is 5.73 Å². The molecule has 2 aromatic rings. The number of benzene rings is 1. The number of halogens is 1. The second kappa shape index (κ2) is 4.00. The normalized spacial score (nSPS) is 14.9. The lowest BCUT2D eigenvalue weighted by atomic mass is 10.1. The first-order valence-electron chi connectivity index (χ1n) is 5.63. The molecule has 1 aromatic heterocycles. The Hall–Kier alpha value is -1.61. The zero-order valence-corrected chi connectivity index (χ0v) is 9.98. The van der Waals surface area contributed by atoms with Crippen molar-refractivity contribution in [1.29, 1.82) is 0 Å². The van der Waals surface area contributed by atoms with E-state index in [-0.39, 0.29) is 0 Å². The van der Waals surface area contributed by atoms with Crippen LogP contribution in [0.25, 0.3) is 11.3 Å². The third kappa shape index (κ3) is 2.24. The molecule has 2 N–H and O–H groups in total. The summed E-state index contributed by atoms with van der Waals surface area (Å²) in [6, 6.07) is 9.41. The van der Waals surface area contributed by atoms with Crippen LogP contribution in [0.15, 0.2) is 30.3 Å². The maximum absolute atomic E-state index is 5.97. The quantitative estimate of drug-likeness (QED) is 0.884. The molecule has 1 aliphatic carbocycles. The van der Waals surface area contributed by atoms with E-state index in [1.165, 1.54) is 12.8 Å². The second-order valence-corrected chi connectivity index (χ2v) is 4.76. The molecule has 0 saturated heterocycles. The van der Waals surface area contributed by atoms with Gasteiger partial charge in [0.2, 0.25) is 0 Å². The van der Waals surface area contributed by atoms with E-state index in [0.29, 0.717) is 16.8 Å². The fourth-order valence-corrected chi connectivity index (χ4v) is 2.00. The van der Waals surface area contributed by atoms with Gasteiger partial charge in [-0.1, -0.05) is 23.7 Å². The number of rotatable bonds is 2. The topological polar surface area (TPSA) is 51.8 Å². The van der Waals surface area contributed by atoms with E-state index in [0.717, 1.165) is 17.1 Å². The lowest BCUT2D eigenvalue weighted by Crippen LogP contribution is -1.99. The molecule has 0 unspecified atom stereocenters. The van der Waals surface area contributed by atoms with Crippen LogP contribution in [0.1, 0.15) is 24.6 Å². The minimum Gasteiger partial charge on any atom is -0.384 e. The van der Waals surface area contributed by atoms with E-state index in [1.54, 1.807) is 6.07 Å². The number of anilines is 1. The van der Waals surface area contributed by atoms with Gasteiger partial charge in [-0.15, -0.1) is 0 Å². The zero-order chi connectivity index (χ0) is 11.8. The predicted molar refractivity (Wildman–Crippen MR) is 68.9 cm³/mol. The molecule has 1 saturated carbocycles. The number of aromatic nitrogens is 2. The summed E-state index contributed by atoms with van der Waals surface area (Å²) in [7, 11) is 0. The van der Waals surface area contributed by atoms with Crippen molar-refractivity contribution in [2.45, 2.75) is 18.8 Å². The molecule has 4 heteroatoms. The Balaban J connectivity index is 2.07. The van der Waals surface area contributed by atoms with Crippen LogP contribution in [0, 0.1) is 0 Å². The van der Waals surface area contributed by atoms with Gasteiger partial charge in [-0.2, -0.15) is 0 Å². The Kier molecular flexibility index (Phi) is 2.48. The van der Waals surface area contributed by atoms with Crippen molar-refractivity contribution in [3.05, 3.63) is 41.2 Å². The van der Waals surface area contributed by atoms with Gasteiger partial charge in [0.1, 0.15) is 11.6 Å². The van der Waals surface area contributed by atoms with Crippen LogP contribution >= 0.6 is 11.6 Å². The SMILES string of the molecule is Nc1cc(-c2cccc(Cl)c2)nc(C2CC2)n1. The first kappa shape index (κ1) is 10.5. The lowest BCUT2D eigenvalue weighted by molar-refractivity contribution is 0.936. The smallest absolute Gasteiger partial charge is 0.134 e. The fourth-order valence-electron chi connectivity index (χ4n) is 1.81. The molecule has 0 bridgehead atoms. The van der Waals surface area contributed by atoms with Gasteiger partial charge in [-0.05, 0) is 25.0 Å². The van der Waals surface area contributed by atoms with Crippen LogP contribution in [0.4, 0.5) is 5.82 Å². The average Bonchev–Trinajstić information content (AvgIpc) is 3.12. The van der Waals surface area contributed by atoms with Crippen molar-refractivity contribution in [2.24, 2.45) is 0 Å². The van der Waals surface area contributed by atoms with E-state index in [2.05, 4.69) is 9.97 Å². The van der Waals surface area contributed by atoms with E-state index >= 15 is 0 Å². The van der Waals surface area contributed by atoms with Crippen molar-refractivity contribution < 1.29 is 0 Å². The van der Waals surface area contributed by atoms with E-state index in [1.807, 2.05) is 24.3 Å². The van der Waals surface area contributed by atoms with Crippen LogP contribution in [-0.2, 0) is 0 Å². The average molecular weight is 246 g/mol. The van der Waals surface area contributed by atoms with Gasteiger partial charge >= 0.3 is 0 Å². The van der Waals surface area contributed by atoms with Gasteiger partial charge in [0.05, 0.1) is 5.69 Å². The summed E-state index contributed by atoms with van der Waals surface area (Å²) < 4.78 is 0. The summed E-state index contributed by atoms with van der Waals surface area (Å²) in [5, 5.41) is 0.702. The highest BCUT2D eigenvalue weighted by Gasteiger charge is 2.27. The maximum Gasteiger partial charge on any atom is 0.134 e. The van der Waals surface area contributed by atoms with Crippen LogP contribution in [-0.4, -0.2) is 9.97 Å². The molecule has 1 aromatic carbocycles. The molecule has 1 heterocycles. The third-order valence-corrected chi connectivity index (χ3v) is 3.06. The van der Waals surface area contributed by atoms with Crippen molar-refractivity contribution in [1.82, 2.24) is 9.97 Å². The van der Waals surface area contributed by atoms with Gasteiger partial charge in [0.25, 0.3) is 0 Å². The Morgan fingerprint density at radius 2 is 2.00 bits per heavy atom. The minimum atomic E-state index is 0.497. The molecular formula is C13H12ClN3. The Morgan fingerprint density at radius 3 is 2.71 bits per heavy atom. The van der Waals surface area contributed by atoms with Crippen LogP contribution < -0.4 is 5.73 Å². The lowest BCUT2D eigenvalue weighted by Gasteiger charge is -2.05. The Morgan fingerprint density at radius 1 is 1.18 bits per heavy atom. The van der Waals surface area contributed by atoms with Gasteiger partial charge in [-0.3, -0.25) is 0 Å². The molecule has 1 fully saturated rings. The predicted octanol–water partition coefficient (Wildman–Crippen LogP) is 3.26. The molecule has 3 rings (SSSR count). The molecular weight excluding hydrogens is 234 g/mol. The molecule has 0 aliphatic heterocycles. The fraction of sp³-hybridized carbons (Fsp3) is 0.231. The Labute approximate surface area is 105 Å². The van der Waals surface area contributed by atoms with Crippen LogP contribution in [0.3, 0.4) is 0 Å². The van der Waals surface area contributed by atoms with Crippen molar-refractivity contribution >= 4 is 17.4 Å². The Bertz CT molecular complexity index is 564. The highest BCUT2D eigenvalue weighted by molar-refractivity contribution is 6.30. The molecule has 0 radical (unpaired) electrons.